The summed E-state index contributed by atoms with van der Waals surface area (Å²) < 4.78 is 0. The normalized spacial score (nSPS) is 16.1. The second-order valence-electron chi connectivity index (χ2n) is 6.09. The first kappa shape index (κ1) is 12.2. The third kappa shape index (κ3) is 1.83. The zero-order valence-electron chi connectivity index (χ0n) is 12.1. The monoisotopic (exact) mass is 248 g/mol. The van der Waals surface area contributed by atoms with Crippen LogP contribution in [-0.4, -0.2) is 0 Å². The van der Waals surface area contributed by atoms with E-state index in [1.165, 1.54) is 33.4 Å². The van der Waals surface area contributed by atoms with Crippen molar-refractivity contribution in [1.29, 1.82) is 0 Å². The number of hydrogen-bond donors (Lipinski definition) is 0. The maximum Gasteiger partial charge on any atom is 0.00874 e. The fraction of sp³-hybridized carbons (Fsp3) is 0.263. The van der Waals surface area contributed by atoms with Crippen LogP contribution in [0.5, 0.6) is 0 Å². The van der Waals surface area contributed by atoms with E-state index in [0.717, 1.165) is 0 Å². The van der Waals surface area contributed by atoms with Gasteiger partial charge in [0.05, 0.1) is 0 Å². The maximum atomic E-state index is 2.40. The summed E-state index contributed by atoms with van der Waals surface area (Å²) in [4.78, 5) is 0. The van der Waals surface area contributed by atoms with Crippen molar-refractivity contribution in [2.75, 3.05) is 0 Å². The van der Waals surface area contributed by atoms with Crippen LogP contribution in [0.25, 0.3) is 16.7 Å². The van der Waals surface area contributed by atoms with Gasteiger partial charge in [-0.1, -0.05) is 62.4 Å². The zero-order valence-corrected chi connectivity index (χ0v) is 12.1. The minimum Gasteiger partial charge on any atom is -0.0709 e. The molecule has 0 nitrogen and oxygen atoms in total. The number of fused-ring (bicyclic) bond motifs is 3. The standard InChI is InChI=1S/C19H20/c1-13-8-7-11-17-18(13)16-10-6-5-9-15(16)14(2)12-19(17,3)4/h5-12H,1-4H3. The average molecular weight is 248 g/mol. The van der Waals surface area contributed by atoms with Gasteiger partial charge in [0.25, 0.3) is 0 Å². The molecule has 19 heavy (non-hydrogen) atoms. The number of aryl methyl sites for hydroxylation is 1. The molecule has 0 bridgehead atoms. The molecule has 0 heterocycles. The smallest absolute Gasteiger partial charge is 0.00874 e. The fourth-order valence-electron chi connectivity index (χ4n) is 3.30. The Bertz CT molecular complexity index is 672. The molecule has 0 amide bonds. The molecule has 0 heteroatoms. The van der Waals surface area contributed by atoms with E-state index in [1.54, 1.807) is 0 Å². The topological polar surface area (TPSA) is 0 Å². The van der Waals surface area contributed by atoms with Crippen LogP contribution < -0.4 is 0 Å². The highest BCUT2D eigenvalue weighted by Gasteiger charge is 2.27. The van der Waals surface area contributed by atoms with Gasteiger partial charge in [0, 0.05) is 5.41 Å². The van der Waals surface area contributed by atoms with Crippen molar-refractivity contribution >= 4 is 5.57 Å². The third-order valence-electron chi connectivity index (χ3n) is 4.17. The lowest BCUT2D eigenvalue weighted by Crippen LogP contribution is -2.14. The first-order chi connectivity index (χ1) is 9.00. The maximum absolute atomic E-state index is 2.40. The summed E-state index contributed by atoms with van der Waals surface area (Å²) >= 11 is 0. The van der Waals surface area contributed by atoms with Gasteiger partial charge < -0.3 is 0 Å². The van der Waals surface area contributed by atoms with Gasteiger partial charge in [-0.05, 0) is 47.2 Å². The van der Waals surface area contributed by atoms with Gasteiger partial charge in [-0.25, -0.2) is 0 Å². The molecule has 0 saturated carbocycles. The van der Waals surface area contributed by atoms with Gasteiger partial charge in [0.1, 0.15) is 0 Å². The predicted molar refractivity (Wildman–Crippen MR) is 83.3 cm³/mol. The molecule has 2 aromatic rings. The lowest BCUT2D eigenvalue weighted by Gasteiger charge is -2.24. The van der Waals surface area contributed by atoms with E-state index in [1.807, 2.05) is 0 Å². The third-order valence-corrected chi connectivity index (χ3v) is 4.17. The largest absolute Gasteiger partial charge is 0.0709 e. The first-order valence-electron chi connectivity index (χ1n) is 6.90. The van der Waals surface area contributed by atoms with Crippen LogP contribution in [0.3, 0.4) is 0 Å². The number of hydrogen-bond acceptors (Lipinski definition) is 0. The van der Waals surface area contributed by atoms with Crippen molar-refractivity contribution in [3.8, 4) is 11.1 Å². The molecule has 0 radical (unpaired) electrons. The number of benzene rings is 2. The van der Waals surface area contributed by atoms with E-state index < -0.39 is 0 Å². The highest BCUT2D eigenvalue weighted by atomic mass is 14.3. The van der Waals surface area contributed by atoms with Crippen molar-refractivity contribution in [2.45, 2.75) is 33.1 Å². The molecule has 1 aliphatic carbocycles. The van der Waals surface area contributed by atoms with Gasteiger partial charge in [-0.15, -0.1) is 0 Å². The Morgan fingerprint density at radius 3 is 2.21 bits per heavy atom. The number of allylic oxidation sites excluding steroid dienone is 2. The highest BCUT2D eigenvalue weighted by molar-refractivity contribution is 5.87. The molecule has 1 aliphatic rings. The minimum absolute atomic E-state index is 0.0739. The molecule has 0 fully saturated rings. The SMILES string of the molecule is CC1=CC(C)(C)c2cccc(C)c2-c2ccccc21. The van der Waals surface area contributed by atoms with Crippen molar-refractivity contribution in [1.82, 2.24) is 0 Å². The average Bonchev–Trinajstić information content (AvgIpc) is 2.45. The van der Waals surface area contributed by atoms with Crippen LogP contribution in [0.1, 0.15) is 37.5 Å². The molecule has 0 unspecified atom stereocenters. The van der Waals surface area contributed by atoms with Crippen LogP contribution in [0.2, 0.25) is 0 Å². The summed E-state index contributed by atoms with van der Waals surface area (Å²) in [5.74, 6) is 0. The summed E-state index contributed by atoms with van der Waals surface area (Å²) in [6, 6.07) is 15.4. The van der Waals surface area contributed by atoms with Crippen LogP contribution >= 0.6 is 0 Å². The lowest BCUT2D eigenvalue weighted by atomic mass is 9.80. The highest BCUT2D eigenvalue weighted by Crippen LogP contribution is 2.43. The summed E-state index contributed by atoms with van der Waals surface area (Å²) in [5, 5.41) is 0. The Kier molecular flexibility index (Phi) is 2.63. The van der Waals surface area contributed by atoms with E-state index in [0.29, 0.717) is 0 Å². The molecule has 0 saturated heterocycles. The Morgan fingerprint density at radius 2 is 1.47 bits per heavy atom. The van der Waals surface area contributed by atoms with Gasteiger partial charge in [-0.3, -0.25) is 0 Å². The van der Waals surface area contributed by atoms with Gasteiger partial charge >= 0.3 is 0 Å². The lowest BCUT2D eigenvalue weighted by molar-refractivity contribution is 0.674. The summed E-state index contributed by atoms with van der Waals surface area (Å²) in [6.07, 6.45) is 2.40. The molecule has 0 spiro atoms. The Balaban J connectivity index is 2.47. The van der Waals surface area contributed by atoms with Crippen LogP contribution in [0.4, 0.5) is 0 Å². The number of rotatable bonds is 0. The second kappa shape index (κ2) is 4.09. The molecular weight excluding hydrogens is 228 g/mol. The fourth-order valence-corrected chi connectivity index (χ4v) is 3.30. The van der Waals surface area contributed by atoms with Crippen molar-refractivity contribution in [3.63, 3.8) is 0 Å². The van der Waals surface area contributed by atoms with E-state index in [9.17, 15) is 0 Å². The molecular formula is C19H20. The van der Waals surface area contributed by atoms with Gasteiger partial charge in [-0.2, -0.15) is 0 Å². The van der Waals surface area contributed by atoms with Crippen LogP contribution in [-0.2, 0) is 5.41 Å². The Morgan fingerprint density at radius 1 is 0.789 bits per heavy atom. The van der Waals surface area contributed by atoms with Gasteiger partial charge in [0.2, 0.25) is 0 Å². The molecule has 0 aromatic heterocycles. The van der Waals surface area contributed by atoms with E-state index >= 15 is 0 Å². The molecule has 0 atom stereocenters. The summed E-state index contributed by atoms with van der Waals surface area (Å²) in [6.45, 7) is 9.05. The summed E-state index contributed by atoms with van der Waals surface area (Å²) in [5.41, 5.74) is 8.38. The molecule has 2 aromatic carbocycles. The quantitative estimate of drug-likeness (QED) is 0.589. The van der Waals surface area contributed by atoms with Crippen molar-refractivity contribution < 1.29 is 0 Å². The van der Waals surface area contributed by atoms with Gasteiger partial charge in [0.15, 0.2) is 0 Å². The zero-order chi connectivity index (χ0) is 13.6. The van der Waals surface area contributed by atoms with Crippen molar-refractivity contribution in [2.24, 2.45) is 0 Å². The molecule has 3 rings (SSSR count). The second-order valence-corrected chi connectivity index (χ2v) is 6.09. The first-order valence-corrected chi connectivity index (χ1v) is 6.90. The Labute approximate surface area is 115 Å². The minimum atomic E-state index is 0.0739. The van der Waals surface area contributed by atoms with Crippen molar-refractivity contribution in [3.05, 3.63) is 65.2 Å². The molecule has 0 aliphatic heterocycles. The van der Waals surface area contributed by atoms with Crippen LogP contribution in [0, 0.1) is 6.92 Å². The summed E-state index contributed by atoms with van der Waals surface area (Å²) in [7, 11) is 0. The molecule has 96 valence electrons. The van der Waals surface area contributed by atoms with Crippen LogP contribution in [0.15, 0.2) is 48.5 Å². The van der Waals surface area contributed by atoms with E-state index in [2.05, 4.69) is 76.2 Å². The molecule has 0 N–H and O–H groups in total. The van der Waals surface area contributed by atoms with E-state index in [4.69, 9.17) is 0 Å². The predicted octanol–water partition coefficient (Wildman–Crippen LogP) is 5.36. The van der Waals surface area contributed by atoms with E-state index in [-0.39, 0.29) is 5.41 Å². The Hall–Kier alpha value is -1.82.